The Bertz CT molecular complexity index is 762. The molecule has 24 heavy (non-hydrogen) atoms. The molecule has 0 atom stereocenters. The Kier molecular flexibility index (Phi) is 5.33. The van der Waals surface area contributed by atoms with Gasteiger partial charge in [-0.1, -0.05) is 17.7 Å². The second-order valence-electron chi connectivity index (χ2n) is 5.07. The molecule has 2 amide bonds. The predicted octanol–water partition coefficient (Wildman–Crippen LogP) is 5.13. The molecule has 0 saturated heterocycles. The highest BCUT2D eigenvalue weighted by atomic mass is 35.5. The van der Waals surface area contributed by atoms with Crippen molar-refractivity contribution in [3.05, 3.63) is 63.9 Å². The van der Waals surface area contributed by atoms with Gasteiger partial charge in [-0.05, 0) is 42.8 Å². The maximum atomic E-state index is 13.6. The van der Waals surface area contributed by atoms with Gasteiger partial charge in [-0.15, -0.1) is 0 Å². The minimum Gasteiger partial charge on any atom is -0.334 e. The van der Waals surface area contributed by atoms with Crippen LogP contribution in [0.5, 0.6) is 0 Å². The molecule has 2 rings (SSSR count). The lowest BCUT2D eigenvalue weighted by Gasteiger charge is -2.12. The van der Waals surface area contributed by atoms with Crippen LogP contribution in [-0.4, -0.2) is 6.03 Å². The van der Waals surface area contributed by atoms with Crippen LogP contribution in [0.25, 0.3) is 0 Å². The normalized spacial score (nSPS) is 11.2. The molecule has 8 heteroatoms. The Labute approximate surface area is 140 Å². The number of anilines is 1. The number of carbonyl (C=O) groups is 1. The SMILES string of the molecule is Cc1ccc(Cl)cc1NC(=O)NCc1cc(C(F)(F)F)ccc1F. The molecule has 2 N–H and O–H groups in total. The van der Waals surface area contributed by atoms with Crippen molar-refractivity contribution < 1.29 is 22.4 Å². The average molecular weight is 361 g/mol. The number of halogens is 5. The van der Waals surface area contributed by atoms with Crippen LogP contribution in [0.1, 0.15) is 16.7 Å². The van der Waals surface area contributed by atoms with E-state index in [9.17, 15) is 22.4 Å². The zero-order valence-electron chi connectivity index (χ0n) is 12.5. The molecule has 128 valence electrons. The smallest absolute Gasteiger partial charge is 0.334 e. The number of hydrogen-bond acceptors (Lipinski definition) is 1. The van der Waals surface area contributed by atoms with Gasteiger partial charge in [-0.25, -0.2) is 9.18 Å². The van der Waals surface area contributed by atoms with Crippen molar-refractivity contribution in [1.82, 2.24) is 5.32 Å². The Morgan fingerprint density at radius 3 is 2.54 bits per heavy atom. The number of nitrogens with one attached hydrogen (secondary N) is 2. The standard InChI is InChI=1S/C16H13ClF4N2O/c1-9-2-4-12(17)7-14(9)23-15(24)22-8-10-6-11(16(19,20)21)3-5-13(10)18/h2-7H,8H2,1H3,(H2,22,23,24). The molecular weight excluding hydrogens is 348 g/mol. The third kappa shape index (κ3) is 4.61. The van der Waals surface area contributed by atoms with E-state index in [0.29, 0.717) is 22.8 Å². The van der Waals surface area contributed by atoms with E-state index in [0.717, 1.165) is 11.6 Å². The molecular formula is C16H13ClF4N2O. The van der Waals surface area contributed by atoms with E-state index < -0.39 is 23.6 Å². The highest BCUT2D eigenvalue weighted by molar-refractivity contribution is 6.31. The van der Waals surface area contributed by atoms with Crippen molar-refractivity contribution in [2.75, 3.05) is 5.32 Å². The summed E-state index contributed by atoms with van der Waals surface area (Å²) in [5.74, 6) is -0.831. The number of rotatable bonds is 3. The maximum Gasteiger partial charge on any atom is 0.416 e. The van der Waals surface area contributed by atoms with E-state index in [2.05, 4.69) is 10.6 Å². The highest BCUT2D eigenvalue weighted by Gasteiger charge is 2.31. The number of amides is 2. The van der Waals surface area contributed by atoms with Crippen LogP contribution in [0.2, 0.25) is 5.02 Å². The van der Waals surface area contributed by atoms with E-state index in [1.165, 1.54) is 6.07 Å². The number of hydrogen-bond donors (Lipinski definition) is 2. The van der Waals surface area contributed by atoms with Gasteiger partial charge in [0.15, 0.2) is 0 Å². The van der Waals surface area contributed by atoms with Crippen molar-refractivity contribution in [3.8, 4) is 0 Å². The summed E-state index contributed by atoms with van der Waals surface area (Å²) in [6.45, 7) is 1.36. The fourth-order valence-corrected chi connectivity index (χ4v) is 2.13. The van der Waals surface area contributed by atoms with Crippen molar-refractivity contribution in [3.63, 3.8) is 0 Å². The van der Waals surface area contributed by atoms with Crippen molar-refractivity contribution >= 4 is 23.3 Å². The third-order valence-electron chi connectivity index (χ3n) is 3.26. The summed E-state index contributed by atoms with van der Waals surface area (Å²) in [6, 6.07) is 6.23. The zero-order chi connectivity index (χ0) is 17.9. The topological polar surface area (TPSA) is 41.1 Å². The maximum absolute atomic E-state index is 13.6. The van der Waals surface area contributed by atoms with E-state index in [-0.39, 0.29) is 12.1 Å². The molecule has 3 nitrogen and oxygen atoms in total. The first-order valence-electron chi connectivity index (χ1n) is 6.83. The summed E-state index contributed by atoms with van der Waals surface area (Å²) in [4.78, 5) is 11.8. The number of alkyl halides is 3. The largest absolute Gasteiger partial charge is 0.416 e. The third-order valence-corrected chi connectivity index (χ3v) is 3.50. The first-order chi connectivity index (χ1) is 11.2. The molecule has 0 unspecified atom stereocenters. The summed E-state index contributed by atoms with van der Waals surface area (Å²) in [6.07, 6.45) is -4.58. The monoisotopic (exact) mass is 360 g/mol. The van der Waals surface area contributed by atoms with E-state index in [1.54, 1.807) is 19.1 Å². The lowest BCUT2D eigenvalue weighted by atomic mass is 10.1. The minimum absolute atomic E-state index is 0.261. The molecule has 0 spiro atoms. The lowest BCUT2D eigenvalue weighted by Crippen LogP contribution is -2.29. The van der Waals surface area contributed by atoms with E-state index in [1.807, 2.05) is 0 Å². The molecule has 0 aromatic heterocycles. The van der Waals surface area contributed by atoms with Crippen LogP contribution < -0.4 is 10.6 Å². The summed E-state index contributed by atoms with van der Waals surface area (Å²) >= 11 is 5.83. The first kappa shape index (κ1) is 18.1. The lowest BCUT2D eigenvalue weighted by molar-refractivity contribution is -0.137. The van der Waals surface area contributed by atoms with Gasteiger partial charge in [0.1, 0.15) is 5.82 Å². The number of aryl methyl sites for hydroxylation is 1. The van der Waals surface area contributed by atoms with Gasteiger partial charge in [0.05, 0.1) is 5.56 Å². The van der Waals surface area contributed by atoms with Crippen LogP contribution in [0.3, 0.4) is 0 Å². The van der Waals surface area contributed by atoms with Crippen molar-refractivity contribution in [2.45, 2.75) is 19.6 Å². The Balaban J connectivity index is 2.05. The summed E-state index contributed by atoms with van der Waals surface area (Å²) in [5.41, 5.74) is -0.0427. The molecule has 0 radical (unpaired) electrons. The summed E-state index contributed by atoms with van der Waals surface area (Å²) in [7, 11) is 0. The Morgan fingerprint density at radius 2 is 1.88 bits per heavy atom. The molecule has 0 saturated carbocycles. The Morgan fingerprint density at radius 1 is 1.17 bits per heavy atom. The number of benzene rings is 2. The fraction of sp³-hybridized carbons (Fsp3) is 0.188. The zero-order valence-corrected chi connectivity index (χ0v) is 13.2. The fourth-order valence-electron chi connectivity index (χ4n) is 1.96. The molecule has 2 aromatic rings. The van der Waals surface area contributed by atoms with Crippen molar-refractivity contribution in [1.29, 1.82) is 0 Å². The van der Waals surface area contributed by atoms with Gasteiger partial charge in [-0.3, -0.25) is 0 Å². The van der Waals surface area contributed by atoms with Gasteiger partial charge in [0.2, 0.25) is 0 Å². The first-order valence-corrected chi connectivity index (χ1v) is 7.21. The average Bonchev–Trinajstić information content (AvgIpc) is 2.49. The van der Waals surface area contributed by atoms with E-state index in [4.69, 9.17) is 11.6 Å². The molecule has 0 heterocycles. The molecule has 0 aliphatic carbocycles. The van der Waals surface area contributed by atoms with Gasteiger partial charge in [0, 0.05) is 22.8 Å². The number of carbonyl (C=O) groups excluding carboxylic acids is 1. The van der Waals surface area contributed by atoms with Gasteiger partial charge in [0.25, 0.3) is 0 Å². The molecule has 0 aliphatic heterocycles. The molecule has 0 bridgehead atoms. The molecule has 0 aliphatic rings. The summed E-state index contributed by atoms with van der Waals surface area (Å²) in [5, 5.41) is 5.24. The number of urea groups is 1. The molecule has 0 fully saturated rings. The minimum atomic E-state index is -4.58. The van der Waals surface area contributed by atoms with Crippen LogP contribution >= 0.6 is 11.6 Å². The van der Waals surface area contributed by atoms with Crippen LogP contribution in [0.15, 0.2) is 36.4 Å². The van der Waals surface area contributed by atoms with Crippen LogP contribution in [-0.2, 0) is 12.7 Å². The Hall–Kier alpha value is -2.28. The second-order valence-corrected chi connectivity index (χ2v) is 5.51. The van der Waals surface area contributed by atoms with E-state index >= 15 is 0 Å². The van der Waals surface area contributed by atoms with Crippen LogP contribution in [0, 0.1) is 12.7 Å². The second kappa shape index (κ2) is 7.09. The van der Waals surface area contributed by atoms with Crippen LogP contribution in [0.4, 0.5) is 28.0 Å². The molecule has 2 aromatic carbocycles. The van der Waals surface area contributed by atoms with Crippen molar-refractivity contribution in [2.24, 2.45) is 0 Å². The quantitative estimate of drug-likeness (QED) is 0.732. The van der Waals surface area contributed by atoms with Gasteiger partial charge in [-0.2, -0.15) is 13.2 Å². The van der Waals surface area contributed by atoms with Gasteiger partial charge >= 0.3 is 12.2 Å². The van der Waals surface area contributed by atoms with Gasteiger partial charge < -0.3 is 10.6 Å². The highest BCUT2D eigenvalue weighted by Crippen LogP contribution is 2.30. The summed E-state index contributed by atoms with van der Waals surface area (Å²) < 4.78 is 51.5. The predicted molar refractivity (Wildman–Crippen MR) is 83.4 cm³/mol.